The largest absolute Gasteiger partial charge is 0.388 e. The van der Waals surface area contributed by atoms with Crippen LogP contribution in [0.25, 0.3) is 0 Å². The van der Waals surface area contributed by atoms with Gasteiger partial charge in [0, 0.05) is 12.2 Å². The second-order valence-electron chi connectivity index (χ2n) is 4.23. The van der Waals surface area contributed by atoms with Crippen molar-refractivity contribution in [3.05, 3.63) is 30.3 Å². The molecule has 14 heavy (non-hydrogen) atoms. The molecule has 2 nitrogen and oxygen atoms in total. The van der Waals surface area contributed by atoms with Crippen molar-refractivity contribution in [2.45, 2.75) is 26.4 Å². The third-order valence-electron chi connectivity index (χ3n) is 2.67. The van der Waals surface area contributed by atoms with E-state index < -0.39 is 5.60 Å². The second kappa shape index (κ2) is 4.47. The van der Waals surface area contributed by atoms with E-state index in [1.807, 2.05) is 51.1 Å². The highest BCUT2D eigenvalue weighted by atomic mass is 16.3. The van der Waals surface area contributed by atoms with E-state index in [1.165, 1.54) is 0 Å². The Morgan fingerprint density at radius 1 is 1.29 bits per heavy atom. The first-order valence-electron chi connectivity index (χ1n) is 5.03. The lowest BCUT2D eigenvalue weighted by atomic mass is 9.92. The summed E-state index contributed by atoms with van der Waals surface area (Å²) in [5, 5.41) is 13.2. The molecular weight excluding hydrogens is 174 g/mol. The zero-order chi connectivity index (χ0) is 10.6. The fourth-order valence-electron chi connectivity index (χ4n) is 1.04. The van der Waals surface area contributed by atoms with Crippen LogP contribution in [0.5, 0.6) is 0 Å². The van der Waals surface area contributed by atoms with Crippen LogP contribution in [-0.4, -0.2) is 17.3 Å². The van der Waals surface area contributed by atoms with Crippen molar-refractivity contribution in [2.75, 3.05) is 11.9 Å². The molecule has 0 heterocycles. The van der Waals surface area contributed by atoms with E-state index >= 15 is 0 Å². The molecule has 0 radical (unpaired) electrons. The number of nitrogens with one attached hydrogen (secondary N) is 1. The number of hydrogen-bond acceptors (Lipinski definition) is 2. The summed E-state index contributed by atoms with van der Waals surface area (Å²) in [6.07, 6.45) is 0. The fourth-order valence-corrected chi connectivity index (χ4v) is 1.04. The highest BCUT2D eigenvalue weighted by Gasteiger charge is 2.24. The van der Waals surface area contributed by atoms with E-state index in [0.717, 1.165) is 5.69 Å². The quantitative estimate of drug-likeness (QED) is 0.770. The van der Waals surface area contributed by atoms with Crippen molar-refractivity contribution >= 4 is 5.69 Å². The molecule has 0 saturated carbocycles. The smallest absolute Gasteiger partial charge is 0.0813 e. The van der Waals surface area contributed by atoms with Gasteiger partial charge in [0.15, 0.2) is 0 Å². The summed E-state index contributed by atoms with van der Waals surface area (Å²) in [6, 6.07) is 9.93. The van der Waals surface area contributed by atoms with Crippen LogP contribution in [0.3, 0.4) is 0 Å². The summed E-state index contributed by atoms with van der Waals surface area (Å²) in [4.78, 5) is 0. The van der Waals surface area contributed by atoms with E-state index in [-0.39, 0.29) is 5.92 Å². The highest BCUT2D eigenvalue weighted by molar-refractivity contribution is 5.42. The molecule has 1 aromatic carbocycles. The molecular formula is C12H19NO. The summed E-state index contributed by atoms with van der Waals surface area (Å²) in [5.41, 5.74) is 0.393. The van der Waals surface area contributed by atoms with Gasteiger partial charge in [0.1, 0.15) is 0 Å². The Kier molecular flexibility index (Phi) is 3.53. The molecule has 2 N–H and O–H groups in total. The third-order valence-corrected chi connectivity index (χ3v) is 2.67. The molecule has 0 bridgehead atoms. The van der Waals surface area contributed by atoms with Gasteiger partial charge in [0.05, 0.1) is 5.60 Å². The summed E-state index contributed by atoms with van der Waals surface area (Å²) >= 11 is 0. The van der Waals surface area contributed by atoms with Gasteiger partial charge in [-0.25, -0.2) is 0 Å². The topological polar surface area (TPSA) is 32.3 Å². The van der Waals surface area contributed by atoms with Gasteiger partial charge < -0.3 is 10.4 Å². The van der Waals surface area contributed by atoms with E-state index in [2.05, 4.69) is 5.32 Å². The van der Waals surface area contributed by atoms with Crippen LogP contribution >= 0.6 is 0 Å². The van der Waals surface area contributed by atoms with Crippen molar-refractivity contribution in [2.24, 2.45) is 5.92 Å². The van der Waals surface area contributed by atoms with Crippen LogP contribution in [0.1, 0.15) is 20.8 Å². The predicted molar refractivity (Wildman–Crippen MR) is 60.4 cm³/mol. The minimum Gasteiger partial charge on any atom is -0.388 e. The number of aliphatic hydroxyl groups is 1. The Hall–Kier alpha value is -1.02. The van der Waals surface area contributed by atoms with Gasteiger partial charge in [0.2, 0.25) is 0 Å². The first-order chi connectivity index (χ1) is 6.52. The van der Waals surface area contributed by atoms with Gasteiger partial charge in [0.25, 0.3) is 0 Å². The van der Waals surface area contributed by atoms with Gasteiger partial charge in [-0.1, -0.05) is 32.0 Å². The van der Waals surface area contributed by atoms with E-state index in [1.54, 1.807) is 0 Å². The number of anilines is 1. The fraction of sp³-hybridized carbons (Fsp3) is 0.500. The maximum absolute atomic E-state index is 9.99. The number of benzene rings is 1. The maximum Gasteiger partial charge on any atom is 0.0813 e. The normalized spacial score (nSPS) is 15.2. The first-order valence-corrected chi connectivity index (χ1v) is 5.03. The molecule has 1 aromatic rings. The molecule has 1 unspecified atom stereocenters. The average Bonchev–Trinajstić information content (AvgIpc) is 2.16. The monoisotopic (exact) mass is 193 g/mol. The van der Waals surface area contributed by atoms with Crippen molar-refractivity contribution in [3.8, 4) is 0 Å². The van der Waals surface area contributed by atoms with Crippen LogP contribution in [0.2, 0.25) is 0 Å². The van der Waals surface area contributed by atoms with Gasteiger partial charge >= 0.3 is 0 Å². The summed E-state index contributed by atoms with van der Waals surface area (Å²) in [5.74, 6) is 0.249. The van der Waals surface area contributed by atoms with Crippen molar-refractivity contribution < 1.29 is 5.11 Å². The van der Waals surface area contributed by atoms with Crippen LogP contribution in [0.4, 0.5) is 5.69 Å². The van der Waals surface area contributed by atoms with E-state index in [4.69, 9.17) is 0 Å². The lowest BCUT2D eigenvalue weighted by Gasteiger charge is -2.28. The van der Waals surface area contributed by atoms with Gasteiger partial charge in [-0.05, 0) is 25.0 Å². The van der Waals surface area contributed by atoms with Gasteiger partial charge in [-0.15, -0.1) is 0 Å². The zero-order valence-electron chi connectivity index (χ0n) is 9.12. The van der Waals surface area contributed by atoms with Crippen molar-refractivity contribution in [1.82, 2.24) is 0 Å². The molecule has 1 rings (SSSR count). The van der Waals surface area contributed by atoms with Crippen molar-refractivity contribution in [3.63, 3.8) is 0 Å². The standard InChI is InChI=1S/C12H19NO/c1-10(2)12(3,14)9-13-11-7-5-4-6-8-11/h4-8,10,13-14H,9H2,1-3H3. The number of hydrogen-bond donors (Lipinski definition) is 2. The average molecular weight is 193 g/mol. The van der Waals surface area contributed by atoms with Crippen LogP contribution in [0, 0.1) is 5.92 Å². The van der Waals surface area contributed by atoms with Crippen molar-refractivity contribution in [1.29, 1.82) is 0 Å². The molecule has 0 fully saturated rings. The third kappa shape index (κ3) is 3.04. The first kappa shape index (κ1) is 11.1. The lowest BCUT2D eigenvalue weighted by Crippen LogP contribution is -2.38. The van der Waals surface area contributed by atoms with Gasteiger partial charge in [-0.2, -0.15) is 0 Å². The molecule has 0 aliphatic carbocycles. The van der Waals surface area contributed by atoms with Gasteiger partial charge in [-0.3, -0.25) is 0 Å². The molecule has 0 amide bonds. The Labute approximate surface area is 86.0 Å². The summed E-state index contributed by atoms with van der Waals surface area (Å²) < 4.78 is 0. The minimum atomic E-state index is -0.657. The Balaban J connectivity index is 2.49. The molecule has 78 valence electrons. The molecule has 0 saturated heterocycles. The minimum absolute atomic E-state index is 0.249. The molecule has 0 aliphatic rings. The Morgan fingerprint density at radius 3 is 2.36 bits per heavy atom. The Bertz CT molecular complexity index is 267. The maximum atomic E-state index is 9.99. The summed E-state index contributed by atoms with van der Waals surface area (Å²) in [6.45, 7) is 6.47. The second-order valence-corrected chi connectivity index (χ2v) is 4.23. The molecule has 2 heteroatoms. The SMILES string of the molecule is CC(C)C(C)(O)CNc1ccccc1. The molecule has 1 atom stereocenters. The van der Waals surface area contributed by atoms with Crippen LogP contribution < -0.4 is 5.32 Å². The van der Waals surface area contributed by atoms with Crippen LogP contribution in [0.15, 0.2) is 30.3 Å². The molecule has 0 spiro atoms. The summed E-state index contributed by atoms with van der Waals surface area (Å²) in [7, 11) is 0. The highest BCUT2D eigenvalue weighted by Crippen LogP contribution is 2.17. The van der Waals surface area contributed by atoms with E-state index in [0.29, 0.717) is 6.54 Å². The Morgan fingerprint density at radius 2 is 1.86 bits per heavy atom. The zero-order valence-corrected chi connectivity index (χ0v) is 9.12. The number of para-hydroxylation sites is 1. The lowest BCUT2D eigenvalue weighted by molar-refractivity contribution is 0.0266. The van der Waals surface area contributed by atoms with E-state index in [9.17, 15) is 5.11 Å². The molecule has 0 aromatic heterocycles. The molecule has 0 aliphatic heterocycles. The number of rotatable bonds is 4. The van der Waals surface area contributed by atoms with Crippen LogP contribution in [-0.2, 0) is 0 Å². The predicted octanol–water partition coefficient (Wildman–Crippen LogP) is 2.51.